The molecular weight excluding hydrogens is 256 g/mol. The molecule has 0 spiro atoms. The molecule has 21 heavy (non-hydrogen) atoms. The number of hydrogen-bond acceptors (Lipinski definition) is 2. The molecule has 1 heterocycles. The SMILES string of the molecule is CC1CCCC(Nc2cccc(CN3CCCC3)c2)C1C. The van der Waals surface area contributed by atoms with Crippen LogP contribution in [0.15, 0.2) is 24.3 Å². The Morgan fingerprint density at radius 1 is 1.10 bits per heavy atom. The van der Waals surface area contributed by atoms with Crippen LogP contribution in [0.1, 0.15) is 51.5 Å². The van der Waals surface area contributed by atoms with Gasteiger partial charge in [-0.05, 0) is 61.9 Å². The van der Waals surface area contributed by atoms with Crippen LogP contribution in [-0.2, 0) is 6.54 Å². The zero-order valence-electron chi connectivity index (χ0n) is 13.6. The van der Waals surface area contributed by atoms with Crippen molar-refractivity contribution in [2.24, 2.45) is 11.8 Å². The number of hydrogen-bond donors (Lipinski definition) is 1. The van der Waals surface area contributed by atoms with Crippen molar-refractivity contribution >= 4 is 5.69 Å². The second-order valence-electron chi connectivity index (χ2n) is 7.20. The van der Waals surface area contributed by atoms with Gasteiger partial charge in [-0.2, -0.15) is 0 Å². The summed E-state index contributed by atoms with van der Waals surface area (Å²) in [5, 5.41) is 3.81. The van der Waals surface area contributed by atoms with Gasteiger partial charge < -0.3 is 5.32 Å². The normalized spacial score (nSPS) is 30.5. The van der Waals surface area contributed by atoms with Gasteiger partial charge in [0.25, 0.3) is 0 Å². The summed E-state index contributed by atoms with van der Waals surface area (Å²) in [5.74, 6) is 1.63. The number of likely N-dealkylation sites (tertiary alicyclic amines) is 1. The van der Waals surface area contributed by atoms with Gasteiger partial charge in [0.2, 0.25) is 0 Å². The molecule has 1 aromatic carbocycles. The summed E-state index contributed by atoms with van der Waals surface area (Å²) in [5.41, 5.74) is 2.77. The molecule has 2 nitrogen and oxygen atoms in total. The van der Waals surface area contributed by atoms with Crippen LogP contribution in [0.2, 0.25) is 0 Å². The van der Waals surface area contributed by atoms with Crippen LogP contribution in [0, 0.1) is 11.8 Å². The highest BCUT2D eigenvalue weighted by molar-refractivity contribution is 5.46. The molecule has 1 saturated heterocycles. The molecule has 1 aliphatic carbocycles. The summed E-state index contributed by atoms with van der Waals surface area (Å²) in [6.45, 7) is 8.48. The molecule has 3 unspecified atom stereocenters. The lowest BCUT2D eigenvalue weighted by atomic mass is 9.78. The summed E-state index contributed by atoms with van der Waals surface area (Å²) in [6.07, 6.45) is 6.83. The molecule has 3 rings (SSSR count). The summed E-state index contributed by atoms with van der Waals surface area (Å²) in [7, 11) is 0. The Morgan fingerprint density at radius 3 is 2.71 bits per heavy atom. The minimum atomic E-state index is 0.649. The van der Waals surface area contributed by atoms with E-state index >= 15 is 0 Å². The number of benzene rings is 1. The van der Waals surface area contributed by atoms with Crippen LogP contribution in [0.5, 0.6) is 0 Å². The lowest BCUT2D eigenvalue weighted by molar-refractivity contribution is 0.253. The van der Waals surface area contributed by atoms with E-state index in [9.17, 15) is 0 Å². The van der Waals surface area contributed by atoms with Crippen LogP contribution in [0.25, 0.3) is 0 Å². The maximum Gasteiger partial charge on any atom is 0.0345 e. The van der Waals surface area contributed by atoms with Crippen LogP contribution >= 0.6 is 0 Å². The minimum Gasteiger partial charge on any atom is -0.382 e. The molecule has 3 atom stereocenters. The molecule has 2 aliphatic rings. The number of rotatable bonds is 4. The van der Waals surface area contributed by atoms with E-state index in [0.717, 1.165) is 18.4 Å². The maximum absolute atomic E-state index is 3.81. The smallest absolute Gasteiger partial charge is 0.0345 e. The molecule has 0 aromatic heterocycles. The summed E-state index contributed by atoms with van der Waals surface area (Å²) >= 11 is 0. The molecule has 1 aliphatic heterocycles. The number of nitrogens with one attached hydrogen (secondary N) is 1. The van der Waals surface area contributed by atoms with Crippen LogP contribution in [0.4, 0.5) is 5.69 Å². The van der Waals surface area contributed by atoms with E-state index in [1.165, 1.54) is 56.4 Å². The Labute approximate surface area is 129 Å². The number of anilines is 1. The minimum absolute atomic E-state index is 0.649. The predicted molar refractivity (Wildman–Crippen MR) is 90.5 cm³/mol. The monoisotopic (exact) mass is 286 g/mol. The average molecular weight is 286 g/mol. The highest BCUT2D eigenvalue weighted by Crippen LogP contribution is 2.31. The zero-order chi connectivity index (χ0) is 14.7. The average Bonchev–Trinajstić information content (AvgIpc) is 2.97. The molecule has 1 aromatic rings. The van der Waals surface area contributed by atoms with Gasteiger partial charge in [0.1, 0.15) is 0 Å². The second-order valence-corrected chi connectivity index (χ2v) is 7.20. The van der Waals surface area contributed by atoms with Crippen LogP contribution in [-0.4, -0.2) is 24.0 Å². The molecule has 2 fully saturated rings. The van der Waals surface area contributed by atoms with E-state index in [2.05, 4.69) is 48.3 Å². The van der Waals surface area contributed by atoms with E-state index in [-0.39, 0.29) is 0 Å². The Hall–Kier alpha value is -1.02. The molecule has 1 N–H and O–H groups in total. The fourth-order valence-corrected chi connectivity index (χ4v) is 3.96. The van der Waals surface area contributed by atoms with E-state index in [4.69, 9.17) is 0 Å². The van der Waals surface area contributed by atoms with E-state index in [1.807, 2.05) is 0 Å². The van der Waals surface area contributed by atoms with Crippen molar-refractivity contribution in [1.82, 2.24) is 4.90 Å². The Kier molecular flexibility index (Phi) is 4.84. The van der Waals surface area contributed by atoms with Crippen molar-refractivity contribution in [2.75, 3.05) is 18.4 Å². The first-order valence-corrected chi connectivity index (χ1v) is 8.80. The van der Waals surface area contributed by atoms with Crippen molar-refractivity contribution in [3.05, 3.63) is 29.8 Å². The standard InChI is InChI=1S/C19H30N2/c1-15-7-5-10-19(16(15)2)20-18-9-6-8-17(13-18)14-21-11-3-4-12-21/h6,8-9,13,15-16,19-20H,3-5,7,10-12,14H2,1-2H3. The summed E-state index contributed by atoms with van der Waals surface area (Å²) < 4.78 is 0. The first kappa shape index (κ1) is 14.9. The highest BCUT2D eigenvalue weighted by Gasteiger charge is 2.26. The fraction of sp³-hybridized carbons (Fsp3) is 0.684. The molecule has 0 bridgehead atoms. The van der Waals surface area contributed by atoms with Crippen LogP contribution in [0.3, 0.4) is 0 Å². The third-order valence-corrected chi connectivity index (χ3v) is 5.59. The van der Waals surface area contributed by atoms with Crippen molar-refractivity contribution in [1.29, 1.82) is 0 Å². The molecular formula is C19H30N2. The Bertz CT molecular complexity index is 451. The van der Waals surface area contributed by atoms with E-state index < -0.39 is 0 Å². The topological polar surface area (TPSA) is 15.3 Å². The van der Waals surface area contributed by atoms with Gasteiger partial charge in [0, 0.05) is 18.3 Å². The van der Waals surface area contributed by atoms with Gasteiger partial charge in [-0.3, -0.25) is 4.90 Å². The predicted octanol–water partition coefficient (Wildman–Crippen LogP) is 4.52. The Morgan fingerprint density at radius 2 is 1.90 bits per heavy atom. The van der Waals surface area contributed by atoms with Crippen molar-refractivity contribution in [3.63, 3.8) is 0 Å². The van der Waals surface area contributed by atoms with Crippen LogP contribution < -0.4 is 5.32 Å². The summed E-state index contributed by atoms with van der Waals surface area (Å²) in [6, 6.07) is 9.74. The third kappa shape index (κ3) is 3.79. The maximum atomic E-state index is 3.81. The van der Waals surface area contributed by atoms with Gasteiger partial charge in [0.05, 0.1) is 0 Å². The molecule has 0 amide bonds. The van der Waals surface area contributed by atoms with Gasteiger partial charge in [-0.15, -0.1) is 0 Å². The van der Waals surface area contributed by atoms with E-state index in [1.54, 1.807) is 0 Å². The second kappa shape index (κ2) is 6.83. The third-order valence-electron chi connectivity index (χ3n) is 5.59. The van der Waals surface area contributed by atoms with Gasteiger partial charge in [0.15, 0.2) is 0 Å². The lowest BCUT2D eigenvalue weighted by Crippen LogP contribution is -2.35. The lowest BCUT2D eigenvalue weighted by Gasteiger charge is -2.35. The number of nitrogens with zero attached hydrogens (tertiary/aromatic N) is 1. The molecule has 1 saturated carbocycles. The van der Waals surface area contributed by atoms with E-state index in [0.29, 0.717) is 6.04 Å². The Balaban J connectivity index is 1.62. The first-order chi connectivity index (χ1) is 10.2. The van der Waals surface area contributed by atoms with Gasteiger partial charge >= 0.3 is 0 Å². The summed E-state index contributed by atoms with van der Waals surface area (Å²) in [4.78, 5) is 2.57. The van der Waals surface area contributed by atoms with Crippen molar-refractivity contribution in [2.45, 2.75) is 58.5 Å². The molecule has 116 valence electrons. The zero-order valence-corrected chi connectivity index (χ0v) is 13.6. The van der Waals surface area contributed by atoms with Crippen molar-refractivity contribution in [3.8, 4) is 0 Å². The largest absolute Gasteiger partial charge is 0.382 e. The highest BCUT2D eigenvalue weighted by atomic mass is 15.1. The fourth-order valence-electron chi connectivity index (χ4n) is 3.96. The van der Waals surface area contributed by atoms with Crippen molar-refractivity contribution < 1.29 is 0 Å². The first-order valence-electron chi connectivity index (χ1n) is 8.80. The van der Waals surface area contributed by atoms with Gasteiger partial charge in [-0.1, -0.05) is 38.8 Å². The quantitative estimate of drug-likeness (QED) is 0.875. The molecule has 2 heteroatoms. The molecule has 0 radical (unpaired) electrons. The van der Waals surface area contributed by atoms with Gasteiger partial charge in [-0.25, -0.2) is 0 Å².